The number of rotatable bonds is 3. The number of hydrogen-bond acceptors (Lipinski definition) is 5. The topological polar surface area (TPSA) is 110 Å². The van der Waals surface area contributed by atoms with Gasteiger partial charge in [-0.15, -0.1) is 10.2 Å². The monoisotopic (exact) mass is 274 g/mol. The van der Waals surface area contributed by atoms with Gasteiger partial charge >= 0.3 is 0 Å². The third kappa shape index (κ3) is 3.18. The van der Waals surface area contributed by atoms with E-state index < -0.39 is 6.04 Å². The van der Waals surface area contributed by atoms with E-state index in [2.05, 4.69) is 25.9 Å². The first-order valence-corrected chi connectivity index (χ1v) is 6.28. The van der Waals surface area contributed by atoms with E-state index in [1.54, 1.807) is 12.1 Å². The Labute approximate surface area is 117 Å². The lowest BCUT2D eigenvalue weighted by Gasteiger charge is -2.25. The number of amides is 1. The Balaban J connectivity index is 2.15. The van der Waals surface area contributed by atoms with Crippen LogP contribution in [-0.2, 0) is 4.79 Å². The number of tetrazole rings is 1. The van der Waals surface area contributed by atoms with Crippen molar-refractivity contribution in [2.45, 2.75) is 26.8 Å². The molecule has 7 heteroatoms. The largest absolute Gasteiger partial charge is 0.325 e. The molecule has 1 amide bonds. The first kappa shape index (κ1) is 14.1. The second kappa shape index (κ2) is 5.38. The lowest BCUT2D eigenvalue weighted by atomic mass is 9.87. The van der Waals surface area contributed by atoms with Gasteiger partial charge in [0.1, 0.15) is 0 Å². The first-order valence-electron chi connectivity index (χ1n) is 6.28. The summed E-state index contributed by atoms with van der Waals surface area (Å²) in [5, 5.41) is 16.5. The van der Waals surface area contributed by atoms with Crippen molar-refractivity contribution in [1.29, 1.82) is 0 Å². The third-order valence-corrected chi connectivity index (χ3v) is 2.95. The van der Waals surface area contributed by atoms with Crippen molar-refractivity contribution in [3.05, 3.63) is 24.3 Å². The van der Waals surface area contributed by atoms with Crippen LogP contribution in [0.1, 0.15) is 20.8 Å². The lowest BCUT2D eigenvalue weighted by molar-refractivity contribution is -0.119. The number of carbonyl (C=O) groups excluding carboxylic acids is 1. The molecule has 1 aromatic carbocycles. The van der Waals surface area contributed by atoms with Gasteiger partial charge in [0, 0.05) is 11.3 Å². The van der Waals surface area contributed by atoms with E-state index in [4.69, 9.17) is 5.73 Å². The molecule has 2 aromatic rings. The molecule has 106 valence electrons. The van der Waals surface area contributed by atoms with Crippen LogP contribution >= 0.6 is 0 Å². The Morgan fingerprint density at radius 3 is 2.75 bits per heavy atom. The number of nitrogens with two attached hydrogens (primary N) is 1. The summed E-state index contributed by atoms with van der Waals surface area (Å²) in [7, 11) is 0. The highest BCUT2D eigenvalue weighted by Crippen LogP contribution is 2.21. The molecule has 1 heterocycles. The fourth-order valence-corrected chi connectivity index (χ4v) is 1.63. The average molecular weight is 274 g/mol. The molecule has 0 saturated heterocycles. The summed E-state index contributed by atoms with van der Waals surface area (Å²) >= 11 is 0. The van der Waals surface area contributed by atoms with E-state index >= 15 is 0 Å². The van der Waals surface area contributed by atoms with Gasteiger partial charge in [0.05, 0.1) is 6.04 Å². The summed E-state index contributed by atoms with van der Waals surface area (Å²) in [6.07, 6.45) is 0. The highest BCUT2D eigenvalue weighted by molar-refractivity contribution is 5.95. The van der Waals surface area contributed by atoms with Crippen molar-refractivity contribution >= 4 is 11.6 Å². The smallest absolute Gasteiger partial charge is 0.241 e. The van der Waals surface area contributed by atoms with Gasteiger partial charge in [-0.2, -0.15) is 5.21 Å². The van der Waals surface area contributed by atoms with E-state index in [0.717, 1.165) is 5.56 Å². The first-order chi connectivity index (χ1) is 9.38. The molecule has 0 saturated carbocycles. The van der Waals surface area contributed by atoms with Gasteiger partial charge in [0.2, 0.25) is 11.7 Å². The highest BCUT2D eigenvalue weighted by atomic mass is 16.2. The molecule has 0 radical (unpaired) electrons. The van der Waals surface area contributed by atoms with Gasteiger partial charge in [-0.3, -0.25) is 4.79 Å². The van der Waals surface area contributed by atoms with Crippen LogP contribution in [0.25, 0.3) is 11.4 Å². The van der Waals surface area contributed by atoms with Gasteiger partial charge < -0.3 is 11.1 Å². The van der Waals surface area contributed by atoms with Gasteiger partial charge in [-0.25, -0.2) is 0 Å². The quantitative estimate of drug-likeness (QED) is 0.778. The minimum atomic E-state index is -0.587. The van der Waals surface area contributed by atoms with Crippen molar-refractivity contribution in [1.82, 2.24) is 20.6 Å². The summed E-state index contributed by atoms with van der Waals surface area (Å²) in [4.78, 5) is 12.1. The number of hydrogen-bond donors (Lipinski definition) is 3. The third-order valence-electron chi connectivity index (χ3n) is 2.95. The molecule has 0 aliphatic heterocycles. The maximum Gasteiger partial charge on any atom is 0.241 e. The van der Waals surface area contributed by atoms with E-state index in [9.17, 15) is 4.79 Å². The van der Waals surface area contributed by atoms with Crippen molar-refractivity contribution in [2.24, 2.45) is 11.1 Å². The molecule has 7 nitrogen and oxygen atoms in total. The van der Waals surface area contributed by atoms with Gasteiger partial charge in [0.25, 0.3) is 0 Å². The number of anilines is 1. The summed E-state index contributed by atoms with van der Waals surface area (Å²) in [6.45, 7) is 5.77. The summed E-state index contributed by atoms with van der Waals surface area (Å²) in [5.74, 6) is 0.254. The van der Waals surface area contributed by atoms with Crippen molar-refractivity contribution in [3.63, 3.8) is 0 Å². The molecule has 20 heavy (non-hydrogen) atoms. The van der Waals surface area contributed by atoms with E-state index in [-0.39, 0.29) is 11.3 Å². The number of benzene rings is 1. The van der Waals surface area contributed by atoms with Crippen LogP contribution < -0.4 is 11.1 Å². The fraction of sp³-hybridized carbons (Fsp3) is 0.385. The van der Waals surface area contributed by atoms with Gasteiger partial charge in [-0.1, -0.05) is 32.9 Å². The standard InChI is InChI=1S/C13H18N6O/c1-13(2,3)10(14)12(20)15-9-6-4-5-8(7-9)11-16-18-19-17-11/h4-7,10H,14H2,1-3H3,(H,15,20)(H,16,17,18,19)/t10-/m0/s1. The molecule has 0 bridgehead atoms. The van der Waals surface area contributed by atoms with Crippen LogP contribution in [0, 0.1) is 5.41 Å². The maximum atomic E-state index is 12.1. The zero-order chi connectivity index (χ0) is 14.8. The fourth-order valence-electron chi connectivity index (χ4n) is 1.63. The molecular formula is C13H18N6O. The SMILES string of the molecule is CC(C)(C)[C@@H](N)C(=O)Nc1cccc(-c2nn[nH]n2)c1. The van der Waals surface area contributed by atoms with Crippen molar-refractivity contribution in [3.8, 4) is 11.4 Å². The zero-order valence-corrected chi connectivity index (χ0v) is 11.7. The van der Waals surface area contributed by atoms with Crippen molar-refractivity contribution in [2.75, 3.05) is 5.32 Å². The predicted molar refractivity (Wildman–Crippen MR) is 75.7 cm³/mol. The summed E-state index contributed by atoms with van der Waals surface area (Å²) in [6, 6.07) is 6.62. The van der Waals surface area contributed by atoms with E-state index in [0.29, 0.717) is 11.5 Å². The number of aromatic amines is 1. The summed E-state index contributed by atoms with van der Waals surface area (Å²) in [5.41, 5.74) is 7.04. The average Bonchev–Trinajstić information content (AvgIpc) is 2.91. The van der Waals surface area contributed by atoms with E-state index in [1.807, 2.05) is 32.9 Å². The van der Waals surface area contributed by atoms with Crippen LogP contribution in [0.2, 0.25) is 0 Å². The molecule has 0 aliphatic carbocycles. The minimum absolute atomic E-state index is 0.220. The molecule has 0 spiro atoms. The Hall–Kier alpha value is -2.28. The van der Waals surface area contributed by atoms with Gasteiger partial charge in [-0.05, 0) is 22.8 Å². The Kier molecular flexibility index (Phi) is 3.80. The van der Waals surface area contributed by atoms with Crippen LogP contribution in [0.5, 0.6) is 0 Å². The van der Waals surface area contributed by atoms with Crippen LogP contribution in [0.4, 0.5) is 5.69 Å². The molecule has 0 fully saturated rings. The molecule has 1 aromatic heterocycles. The minimum Gasteiger partial charge on any atom is -0.325 e. The van der Waals surface area contributed by atoms with Crippen LogP contribution in [0.15, 0.2) is 24.3 Å². The number of nitrogens with one attached hydrogen (secondary N) is 2. The van der Waals surface area contributed by atoms with Crippen molar-refractivity contribution < 1.29 is 4.79 Å². The van der Waals surface area contributed by atoms with Crippen LogP contribution in [0.3, 0.4) is 0 Å². The van der Waals surface area contributed by atoms with E-state index in [1.165, 1.54) is 0 Å². The molecule has 2 rings (SSSR count). The highest BCUT2D eigenvalue weighted by Gasteiger charge is 2.27. The predicted octanol–water partition coefficient (Wildman–Crippen LogP) is 1.18. The maximum absolute atomic E-state index is 12.1. The number of aromatic nitrogens is 4. The lowest BCUT2D eigenvalue weighted by Crippen LogP contribution is -2.45. The van der Waals surface area contributed by atoms with Crippen LogP contribution in [-0.4, -0.2) is 32.6 Å². The Morgan fingerprint density at radius 2 is 2.15 bits per heavy atom. The molecular weight excluding hydrogens is 256 g/mol. The number of H-pyrrole nitrogens is 1. The molecule has 1 atom stereocenters. The zero-order valence-electron chi connectivity index (χ0n) is 11.7. The number of nitrogens with zero attached hydrogens (tertiary/aromatic N) is 3. The van der Waals surface area contributed by atoms with Gasteiger partial charge in [0.15, 0.2) is 0 Å². The molecule has 0 aliphatic rings. The number of carbonyl (C=O) groups is 1. The molecule has 0 unspecified atom stereocenters. The Morgan fingerprint density at radius 1 is 1.40 bits per heavy atom. The normalized spacial score (nSPS) is 13.0. The second-order valence-corrected chi connectivity index (χ2v) is 5.65. The summed E-state index contributed by atoms with van der Waals surface area (Å²) < 4.78 is 0. The second-order valence-electron chi connectivity index (χ2n) is 5.65. The molecule has 4 N–H and O–H groups in total. The Bertz CT molecular complexity index is 587.